The number of nitrogens with one attached hydrogen (secondary N) is 1. The lowest BCUT2D eigenvalue weighted by molar-refractivity contribution is 0.198. The third-order valence-corrected chi connectivity index (χ3v) is 1.15. The van der Waals surface area contributed by atoms with Gasteiger partial charge in [0.05, 0.1) is 0 Å². The Kier molecular flexibility index (Phi) is 2.54. The van der Waals surface area contributed by atoms with Gasteiger partial charge in [-0.05, 0) is 6.92 Å². The summed E-state index contributed by atoms with van der Waals surface area (Å²) in [5.41, 5.74) is 2.49. The van der Waals surface area contributed by atoms with Crippen LogP contribution in [0.2, 0.25) is 0 Å². The number of ether oxygens (including phenoxy) is 1. The molecule has 1 heterocycles. The second-order valence-corrected chi connectivity index (χ2v) is 2.04. The lowest BCUT2D eigenvalue weighted by Gasteiger charge is -2.02. The van der Waals surface area contributed by atoms with E-state index in [1.54, 1.807) is 6.92 Å². The van der Waals surface area contributed by atoms with Crippen molar-refractivity contribution < 1.29 is 9.53 Å². The first-order chi connectivity index (χ1) is 5.74. The van der Waals surface area contributed by atoms with Crippen LogP contribution in [-0.4, -0.2) is 16.1 Å². The van der Waals surface area contributed by atoms with Crippen LogP contribution < -0.4 is 16.0 Å². The van der Waals surface area contributed by atoms with E-state index in [4.69, 9.17) is 5.84 Å². The van der Waals surface area contributed by atoms with Gasteiger partial charge in [0.25, 0.3) is 0 Å². The van der Waals surface area contributed by atoms with Crippen LogP contribution in [0.1, 0.15) is 5.56 Å². The maximum atomic E-state index is 10.6. The summed E-state index contributed by atoms with van der Waals surface area (Å²) in [4.78, 5) is 18.1. The molecule has 0 saturated heterocycles. The Morgan fingerprint density at radius 2 is 2.50 bits per heavy atom. The zero-order valence-electron chi connectivity index (χ0n) is 6.44. The third-order valence-electron chi connectivity index (χ3n) is 1.15. The van der Waals surface area contributed by atoms with Crippen molar-refractivity contribution >= 4 is 6.09 Å². The van der Waals surface area contributed by atoms with Crippen molar-refractivity contribution in [3.8, 4) is 5.88 Å². The average Bonchev–Trinajstić information content (AvgIpc) is 2.09. The number of hydrogen-bond donors (Lipinski definition) is 2. The first-order valence-electron chi connectivity index (χ1n) is 3.19. The summed E-state index contributed by atoms with van der Waals surface area (Å²) in [6.45, 7) is 1.72. The first kappa shape index (κ1) is 8.41. The van der Waals surface area contributed by atoms with Crippen LogP contribution in [-0.2, 0) is 0 Å². The highest BCUT2D eigenvalue weighted by Gasteiger charge is 2.04. The Hall–Kier alpha value is -1.69. The summed E-state index contributed by atoms with van der Waals surface area (Å²) in [5, 5.41) is 0. The van der Waals surface area contributed by atoms with Gasteiger partial charge in [0, 0.05) is 11.8 Å². The summed E-state index contributed by atoms with van der Waals surface area (Å²) in [5.74, 6) is 5.00. The molecule has 6 heteroatoms. The van der Waals surface area contributed by atoms with Gasteiger partial charge in [-0.3, -0.25) is 5.43 Å². The van der Waals surface area contributed by atoms with E-state index in [9.17, 15) is 4.79 Å². The van der Waals surface area contributed by atoms with E-state index >= 15 is 0 Å². The molecule has 12 heavy (non-hydrogen) atoms. The minimum atomic E-state index is -0.753. The number of aryl methyl sites for hydroxylation is 1. The second-order valence-electron chi connectivity index (χ2n) is 2.04. The van der Waals surface area contributed by atoms with Gasteiger partial charge in [0.15, 0.2) is 0 Å². The average molecular weight is 168 g/mol. The van der Waals surface area contributed by atoms with E-state index < -0.39 is 6.09 Å². The number of rotatable bonds is 1. The number of aromatic nitrogens is 2. The normalized spacial score (nSPS) is 9.17. The number of carbonyl (C=O) groups excluding carboxylic acids is 1. The third kappa shape index (κ3) is 1.89. The summed E-state index contributed by atoms with van der Waals surface area (Å²) in [6, 6.07) is 0. The van der Waals surface area contributed by atoms with Gasteiger partial charge in [-0.25, -0.2) is 20.6 Å². The molecule has 1 amide bonds. The standard InChI is InChI=1S/C6H8N4O2/c1-4-2-8-3-9-5(4)12-6(11)10-7/h2-3H,7H2,1H3,(H,10,11). The first-order valence-corrected chi connectivity index (χ1v) is 3.19. The maximum Gasteiger partial charge on any atom is 0.428 e. The fourth-order valence-electron chi connectivity index (χ4n) is 0.612. The van der Waals surface area contributed by atoms with Crippen LogP contribution in [0.4, 0.5) is 4.79 Å². The van der Waals surface area contributed by atoms with Crippen LogP contribution >= 0.6 is 0 Å². The molecule has 1 aromatic heterocycles. The van der Waals surface area contributed by atoms with Crippen molar-refractivity contribution in [2.24, 2.45) is 5.84 Å². The van der Waals surface area contributed by atoms with Crippen LogP contribution in [0.15, 0.2) is 12.5 Å². The van der Waals surface area contributed by atoms with E-state index in [1.165, 1.54) is 12.5 Å². The minimum Gasteiger partial charge on any atom is -0.390 e. The molecule has 1 rings (SSSR count). The maximum absolute atomic E-state index is 10.6. The Morgan fingerprint density at radius 1 is 1.75 bits per heavy atom. The summed E-state index contributed by atoms with van der Waals surface area (Å²) >= 11 is 0. The minimum absolute atomic E-state index is 0.202. The molecule has 0 radical (unpaired) electrons. The van der Waals surface area contributed by atoms with Crippen molar-refractivity contribution in [3.63, 3.8) is 0 Å². The monoisotopic (exact) mass is 168 g/mol. The van der Waals surface area contributed by atoms with Gasteiger partial charge in [-0.2, -0.15) is 0 Å². The highest BCUT2D eigenvalue weighted by Crippen LogP contribution is 2.09. The molecule has 0 aromatic carbocycles. The quantitative estimate of drug-likeness (QED) is 0.342. The molecule has 3 N–H and O–H groups in total. The number of hydrogen-bond acceptors (Lipinski definition) is 5. The van der Waals surface area contributed by atoms with Crippen molar-refractivity contribution in [2.45, 2.75) is 6.92 Å². The van der Waals surface area contributed by atoms with Crippen molar-refractivity contribution in [1.29, 1.82) is 0 Å². The molecule has 0 aliphatic rings. The van der Waals surface area contributed by atoms with E-state index in [1.807, 2.05) is 5.43 Å². The zero-order chi connectivity index (χ0) is 8.97. The van der Waals surface area contributed by atoms with Crippen LogP contribution in [0.5, 0.6) is 5.88 Å². The fourth-order valence-corrected chi connectivity index (χ4v) is 0.612. The summed E-state index contributed by atoms with van der Waals surface area (Å²) < 4.78 is 4.67. The smallest absolute Gasteiger partial charge is 0.390 e. The molecule has 0 unspecified atom stereocenters. The lowest BCUT2D eigenvalue weighted by atomic mass is 10.4. The van der Waals surface area contributed by atoms with Crippen molar-refractivity contribution in [1.82, 2.24) is 15.4 Å². The van der Waals surface area contributed by atoms with E-state index in [2.05, 4.69) is 14.7 Å². The largest absolute Gasteiger partial charge is 0.428 e. The Bertz CT molecular complexity index is 289. The molecule has 0 aliphatic carbocycles. The molecular weight excluding hydrogens is 160 g/mol. The van der Waals surface area contributed by atoms with Crippen molar-refractivity contribution in [2.75, 3.05) is 0 Å². The summed E-state index contributed by atoms with van der Waals surface area (Å²) in [7, 11) is 0. The van der Waals surface area contributed by atoms with Crippen molar-refractivity contribution in [3.05, 3.63) is 18.1 Å². The SMILES string of the molecule is Cc1cncnc1OC(=O)NN. The molecule has 0 bridgehead atoms. The molecule has 0 aliphatic heterocycles. The number of hydrazine groups is 1. The molecule has 1 aromatic rings. The highest BCUT2D eigenvalue weighted by molar-refractivity contribution is 5.69. The van der Waals surface area contributed by atoms with E-state index in [0.29, 0.717) is 5.56 Å². The van der Waals surface area contributed by atoms with Crippen LogP contribution in [0.3, 0.4) is 0 Å². The Labute approximate surface area is 68.7 Å². The van der Waals surface area contributed by atoms with Gasteiger partial charge < -0.3 is 4.74 Å². The molecule has 64 valence electrons. The predicted octanol–water partition coefficient (Wildman–Crippen LogP) is -0.253. The van der Waals surface area contributed by atoms with Gasteiger partial charge in [-0.1, -0.05) is 0 Å². The number of amides is 1. The molecule has 0 saturated carbocycles. The topological polar surface area (TPSA) is 90.1 Å². The molecule has 6 nitrogen and oxygen atoms in total. The number of carbonyl (C=O) groups is 1. The Balaban J connectivity index is 2.75. The van der Waals surface area contributed by atoms with Gasteiger partial charge in [0.1, 0.15) is 6.33 Å². The van der Waals surface area contributed by atoms with Crippen LogP contribution in [0.25, 0.3) is 0 Å². The molecule has 0 fully saturated rings. The Morgan fingerprint density at radius 3 is 3.08 bits per heavy atom. The van der Waals surface area contributed by atoms with E-state index in [-0.39, 0.29) is 5.88 Å². The number of nitrogens with zero attached hydrogens (tertiary/aromatic N) is 2. The zero-order valence-corrected chi connectivity index (χ0v) is 6.44. The summed E-state index contributed by atoms with van der Waals surface area (Å²) in [6.07, 6.45) is 2.06. The second kappa shape index (κ2) is 3.63. The molecule has 0 atom stereocenters. The molecule has 0 spiro atoms. The lowest BCUT2D eigenvalue weighted by Crippen LogP contribution is -2.33. The molecular formula is C6H8N4O2. The van der Waals surface area contributed by atoms with Gasteiger partial charge in [-0.15, -0.1) is 0 Å². The number of nitrogens with two attached hydrogens (primary N) is 1. The van der Waals surface area contributed by atoms with Gasteiger partial charge in [0.2, 0.25) is 5.88 Å². The highest BCUT2D eigenvalue weighted by atomic mass is 16.6. The fraction of sp³-hybridized carbons (Fsp3) is 0.167. The van der Waals surface area contributed by atoms with Crippen LogP contribution in [0, 0.1) is 6.92 Å². The van der Waals surface area contributed by atoms with Gasteiger partial charge >= 0.3 is 6.09 Å². The predicted molar refractivity (Wildman–Crippen MR) is 40.1 cm³/mol. The van der Waals surface area contributed by atoms with E-state index in [0.717, 1.165) is 0 Å².